The molecule has 2 aromatic carbocycles. The third-order valence-corrected chi connectivity index (χ3v) is 6.35. The number of nitro benzene ring substituents is 1. The van der Waals surface area contributed by atoms with E-state index in [0.29, 0.717) is 11.4 Å². The SMILES string of the molecule is C[C@H](C(=O)Nc1ccc(OC2CCCC2)cc1)N(c1cccc([N+](=O)[O-])c1)S(C)(=O)=O. The van der Waals surface area contributed by atoms with Gasteiger partial charge in [0.25, 0.3) is 5.69 Å². The molecule has 9 nitrogen and oxygen atoms in total. The van der Waals surface area contributed by atoms with Crippen LogP contribution in [0.15, 0.2) is 48.5 Å². The summed E-state index contributed by atoms with van der Waals surface area (Å²) in [5.74, 6) is 0.147. The average molecular weight is 448 g/mol. The molecule has 1 aliphatic rings. The van der Waals surface area contributed by atoms with Crippen LogP contribution in [0.2, 0.25) is 0 Å². The van der Waals surface area contributed by atoms with E-state index in [-0.39, 0.29) is 17.5 Å². The molecule has 0 spiro atoms. The summed E-state index contributed by atoms with van der Waals surface area (Å²) in [7, 11) is -3.89. The van der Waals surface area contributed by atoms with Gasteiger partial charge in [0.2, 0.25) is 15.9 Å². The highest BCUT2D eigenvalue weighted by Crippen LogP contribution is 2.27. The molecule has 0 radical (unpaired) electrons. The molecule has 0 heterocycles. The van der Waals surface area contributed by atoms with Crippen molar-refractivity contribution < 1.29 is 22.9 Å². The molecule has 0 aliphatic heterocycles. The predicted octanol–water partition coefficient (Wildman–Crippen LogP) is 3.71. The maximum Gasteiger partial charge on any atom is 0.271 e. The van der Waals surface area contributed by atoms with Crippen LogP contribution >= 0.6 is 0 Å². The lowest BCUT2D eigenvalue weighted by Gasteiger charge is -2.28. The van der Waals surface area contributed by atoms with Crippen LogP contribution in [0.1, 0.15) is 32.6 Å². The lowest BCUT2D eigenvalue weighted by molar-refractivity contribution is -0.384. The summed E-state index contributed by atoms with van der Waals surface area (Å²) in [6.45, 7) is 1.42. The van der Waals surface area contributed by atoms with Crippen LogP contribution in [0, 0.1) is 10.1 Å². The molecule has 0 bridgehead atoms. The van der Waals surface area contributed by atoms with Crippen LogP contribution < -0.4 is 14.4 Å². The fraction of sp³-hybridized carbons (Fsp3) is 0.381. The fourth-order valence-electron chi connectivity index (χ4n) is 3.61. The first-order chi connectivity index (χ1) is 14.6. The number of carbonyl (C=O) groups excluding carboxylic acids is 1. The number of anilines is 2. The van der Waals surface area contributed by atoms with Gasteiger partial charge in [0.1, 0.15) is 11.8 Å². The Morgan fingerprint density at radius 1 is 1.19 bits per heavy atom. The van der Waals surface area contributed by atoms with Crippen LogP contribution in [0.3, 0.4) is 0 Å². The normalized spacial score (nSPS) is 15.3. The zero-order chi connectivity index (χ0) is 22.6. The Labute approximate surface area is 181 Å². The lowest BCUT2D eigenvalue weighted by atomic mass is 10.2. The summed E-state index contributed by atoms with van der Waals surface area (Å²) in [6, 6.07) is 10.9. The van der Waals surface area contributed by atoms with Gasteiger partial charge in [0, 0.05) is 17.8 Å². The molecule has 1 saturated carbocycles. The third kappa shape index (κ3) is 5.72. The van der Waals surface area contributed by atoms with E-state index in [2.05, 4.69) is 5.32 Å². The maximum atomic E-state index is 12.8. The zero-order valence-electron chi connectivity index (χ0n) is 17.4. The van der Waals surface area contributed by atoms with E-state index in [1.165, 1.54) is 25.1 Å². The number of amides is 1. The van der Waals surface area contributed by atoms with E-state index in [1.54, 1.807) is 24.3 Å². The number of hydrogen-bond donors (Lipinski definition) is 1. The molecular formula is C21H25N3O6S. The number of nitrogens with one attached hydrogen (secondary N) is 1. The van der Waals surface area contributed by atoms with Crippen molar-refractivity contribution in [2.45, 2.75) is 44.8 Å². The second-order valence-corrected chi connectivity index (χ2v) is 9.41. The van der Waals surface area contributed by atoms with Crippen molar-refractivity contribution >= 4 is 33.0 Å². The Morgan fingerprint density at radius 3 is 2.42 bits per heavy atom. The molecule has 2 aromatic rings. The number of benzene rings is 2. The summed E-state index contributed by atoms with van der Waals surface area (Å²) in [5.41, 5.74) is 0.263. The molecule has 0 unspecified atom stereocenters. The predicted molar refractivity (Wildman–Crippen MR) is 118 cm³/mol. The topological polar surface area (TPSA) is 119 Å². The fourth-order valence-corrected chi connectivity index (χ4v) is 4.78. The highest BCUT2D eigenvalue weighted by atomic mass is 32.2. The molecule has 31 heavy (non-hydrogen) atoms. The first kappa shape index (κ1) is 22.5. The Morgan fingerprint density at radius 2 is 1.84 bits per heavy atom. The van der Waals surface area contributed by atoms with Crippen molar-refractivity contribution in [1.29, 1.82) is 0 Å². The molecule has 1 fully saturated rings. The van der Waals surface area contributed by atoms with Gasteiger partial charge in [0.05, 0.1) is 23.0 Å². The monoisotopic (exact) mass is 447 g/mol. The van der Waals surface area contributed by atoms with Gasteiger partial charge in [-0.3, -0.25) is 19.2 Å². The molecule has 1 amide bonds. The number of hydrogen-bond acceptors (Lipinski definition) is 6. The third-order valence-electron chi connectivity index (χ3n) is 5.11. The Bertz CT molecular complexity index is 1050. The van der Waals surface area contributed by atoms with Gasteiger partial charge in [-0.25, -0.2) is 8.42 Å². The molecule has 1 N–H and O–H groups in total. The maximum absolute atomic E-state index is 12.8. The quantitative estimate of drug-likeness (QED) is 0.487. The zero-order valence-corrected chi connectivity index (χ0v) is 18.2. The van der Waals surface area contributed by atoms with Gasteiger partial charge in [-0.1, -0.05) is 6.07 Å². The molecule has 1 atom stereocenters. The highest BCUT2D eigenvalue weighted by molar-refractivity contribution is 7.92. The van der Waals surface area contributed by atoms with Gasteiger partial charge >= 0.3 is 0 Å². The van der Waals surface area contributed by atoms with Gasteiger partial charge in [0.15, 0.2) is 0 Å². The Balaban J connectivity index is 1.74. The first-order valence-corrected chi connectivity index (χ1v) is 11.8. The van der Waals surface area contributed by atoms with E-state index in [0.717, 1.165) is 42.3 Å². The van der Waals surface area contributed by atoms with Crippen LogP contribution in [-0.2, 0) is 14.8 Å². The second-order valence-electron chi connectivity index (χ2n) is 7.55. The van der Waals surface area contributed by atoms with E-state index in [4.69, 9.17) is 4.74 Å². The minimum absolute atomic E-state index is 0.0414. The molecule has 166 valence electrons. The van der Waals surface area contributed by atoms with Gasteiger partial charge in [-0.2, -0.15) is 0 Å². The van der Waals surface area contributed by atoms with Gasteiger partial charge in [-0.15, -0.1) is 0 Å². The number of nitro groups is 1. The van der Waals surface area contributed by atoms with Gasteiger partial charge < -0.3 is 10.1 Å². The number of non-ortho nitro benzene ring substituents is 1. The molecule has 0 aromatic heterocycles. The summed E-state index contributed by atoms with van der Waals surface area (Å²) in [5, 5.41) is 13.7. The number of sulfonamides is 1. The minimum Gasteiger partial charge on any atom is -0.490 e. The van der Waals surface area contributed by atoms with Crippen LogP contribution in [0.5, 0.6) is 5.75 Å². The smallest absolute Gasteiger partial charge is 0.271 e. The highest BCUT2D eigenvalue weighted by Gasteiger charge is 2.30. The van der Waals surface area contributed by atoms with Gasteiger partial charge in [-0.05, 0) is 62.9 Å². The Kier molecular flexibility index (Phi) is 6.79. The lowest BCUT2D eigenvalue weighted by Crippen LogP contribution is -2.45. The molecule has 1 aliphatic carbocycles. The number of carbonyl (C=O) groups is 1. The second kappa shape index (κ2) is 9.34. The first-order valence-electron chi connectivity index (χ1n) is 9.96. The largest absolute Gasteiger partial charge is 0.490 e. The summed E-state index contributed by atoms with van der Waals surface area (Å²) >= 11 is 0. The van der Waals surface area contributed by atoms with Crippen LogP contribution in [0.4, 0.5) is 17.1 Å². The molecule has 0 saturated heterocycles. The van der Waals surface area contributed by atoms with E-state index < -0.39 is 26.9 Å². The van der Waals surface area contributed by atoms with E-state index in [1.807, 2.05) is 0 Å². The summed E-state index contributed by atoms with van der Waals surface area (Å²) in [6.07, 6.45) is 5.57. The minimum atomic E-state index is -3.89. The van der Waals surface area contributed by atoms with Crippen molar-refractivity contribution in [2.24, 2.45) is 0 Å². The van der Waals surface area contributed by atoms with Crippen molar-refractivity contribution in [2.75, 3.05) is 15.9 Å². The van der Waals surface area contributed by atoms with Crippen molar-refractivity contribution in [3.05, 3.63) is 58.6 Å². The number of ether oxygens (including phenoxy) is 1. The summed E-state index contributed by atoms with van der Waals surface area (Å²) < 4.78 is 31.5. The number of rotatable bonds is 8. The van der Waals surface area contributed by atoms with Crippen molar-refractivity contribution in [1.82, 2.24) is 0 Å². The van der Waals surface area contributed by atoms with Crippen LogP contribution in [0.25, 0.3) is 0 Å². The van der Waals surface area contributed by atoms with Crippen molar-refractivity contribution in [3.63, 3.8) is 0 Å². The number of nitrogens with zero attached hydrogens (tertiary/aromatic N) is 2. The molecular weight excluding hydrogens is 422 g/mol. The molecule has 10 heteroatoms. The average Bonchev–Trinajstić information content (AvgIpc) is 3.21. The molecule has 3 rings (SSSR count). The van der Waals surface area contributed by atoms with E-state index in [9.17, 15) is 23.3 Å². The van der Waals surface area contributed by atoms with Crippen LogP contribution in [-0.4, -0.2) is 37.6 Å². The standard InChI is InChI=1S/C21H25N3O6S/c1-15(23(31(2,28)29)17-6-5-7-18(14-17)24(26)27)21(25)22-16-10-12-20(13-11-16)30-19-8-3-4-9-19/h5-7,10-15,19H,3-4,8-9H2,1-2H3,(H,22,25)/t15-/m1/s1. The summed E-state index contributed by atoms with van der Waals surface area (Å²) in [4.78, 5) is 23.2. The Hall–Kier alpha value is -3.14. The van der Waals surface area contributed by atoms with Crippen molar-refractivity contribution in [3.8, 4) is 5.75 Å². The van der Waals surface area contributed by atoms with E-state index >= 15 is 0 Å².